The summed E-state index contributed by atoms with van der Waals surface area (Å²) in [6.45, 7) is 9.42. The second-order valence-corrected chi connectivity index (χ2v) is 7.29. The van der Waals surface area contributed by atoms with Gasteiger partial charge in [0.2, 0.25) is 0 Å². The summed E-state index contributed by atoms with van der Waals surface area (Å²) in [5.41, 5.74) is -1.00. The van der Waals surface area contributed by atoms with E-state index in [1.165, 1.54) is 0 Å². The van der Waals surface area contributed by atoms with E-state index in [2.05, 4.69) is 0 Å². The van der Waals surface area contributed by atoms with Crippen molar-refractivity contribution in [1.29, 1.82) is 0 Å². The molecule has 126 valence electrons. The Kier molecular flexibility index (Phi) is 10.1. The first-order valence-corrected chi connectivity index (χ1v) is 9.13. The van der Waals surface area contributed by atoms with Crippen molar-refractivity contribution in [2.24, 2.45) is 11.8 Å². The quantitative estimate of drug-likeness (QED) is 0.465. The van der Waals surface area contributed by atoms with Gasteiger partial charge >= 0.3 is 13.6 Å². The van der Waals surface area contributed by atoms with Crippen molar-refractivity contribution < 1.29 is 28.3 Å². The molecule has 2 atom stereocenters. The van der Waals surface area contributed by atoms with E-state index >= 15 is 0 Å². The third-order valence-corrected chi connectivity index (χ3v) is 5.68. The van der Waals surface area contributed by atoms with Crippen LogP contribution in [0.5, 0.6) is 0 Å². The van der Waals surface area contributed by atoms with E-state index in [4.69, 9.17) is 13.8 Å². The van der Waals surface area contributed by atoms with Gasteiger partial charge < -0.3 is 18.9 Å². The van der Waals surface area contributed by atoms with Crippen LogP contribution in [0.1, 0.15) is 41.0 Å². The second kappa shape index (κ2) is 10.3. The minimum absolute atomic E-state index is 0.0914. The van der Waals surface area contributed by atoms with Crippen LogP contribution < -0.4 is 0 Å². The zero-order valence-electron chi connectivity index (χ0n) is 13.7. The summed E-state index contributed by atoms with van der Waals surface area (Å²) in [6, 6.07) is 0. The summed E-state index contributed by atoms with van der Waals surface area (Å²) in [6.07, 6.45) is 0.213. The van der Waals surface area contributed by atoms with Crippen LogP contribution in [-0.4, -0.2) is 43.2 Å². The largest absolute Gasteiger partial charge is 0.465 e. The summed E-state index contributed by atoms with van der Waals surface area (Å²) < 4.78 is 28.4. The summed E-state index contributed by atoms with van der Waals surface area (Å²) in [5.74, 6) is -0.626. The zero-order chi connectivity index (χ0) is 16.5. The summed E-state index contributed by atoms with van der Waals surface area (Å²) >= 11 is 0. The molecule has 0 saturated heterocycles. The molecule has 0 saturated carbocycles. The Morgan fingerprint density at radius 2 is 1.62 bits per heavy atom. The first-order valence-electron chi connectivity index (χ1n) is 7.52. The molecule has 7 heteroatoms. The molecule has 0 aliphatic carbocycles. The number of ether oxygens (including phenoxy) is 1. The third kappa shape index (κ3) is 6.47. The number of hydrogen-bond acceptors (Lipinski definition) is 6. The number of hydrogen-bond donors (Lipinski definition) is 1. The van der Waals surface area contributed by atoms with Gasteiger partial charge in [0.25, 0.3) is 0 Å². The highest BCUT2D eigenvalue weighted by Crippen LogP contribution is 2.55. The summed E-state index contributed by atoms with van der Waals surface area (Å²) in [5, 5.41) is 9.46. The fraction of sp³-hybridized carbons (Fsp3) is 0.929. The van der Waals surface area contributed by atoms with E-state index < -0.39 is 19.2 Å². The minimum atomic E-state index is -3.61. The maximum absolute atomic E-state index is 12.9. The number of carbonyl (C=O) groups excluding carboxylic acids is 1. The fourth-order valence-electron chi connectivity index (χ4n) is 2.01. The maximum atomic E-state index is 12.9. The number of aliphatic hydroxyl groups is 1. The lowest BCUT2D eigenvalue weighted by Gasteiger charge is -2.28. The van der Waals surface area contributed by atoms with Gasteiger partial charge in [0.1, 0.15) is 0 Å². The Bertz CT molecular complexity index is 334. The van der Waals surface area contributed by atoms with Gasteiger partial charge in [-0.2, -0.15) is 0 Å². The monoisotopic (exact) mass is 324 g/mol. The molecule has 0 amide bonds. The Hall–Kier alpha value is -0.420. The van der Waals surface area contributed by atoms with Crippen molar-refractivity contribution >= 4 is 13.6 Å². The molecule has 1 N–H and O–H groups in total. The van der Waals surface area contributed by atoms with Crippen LogP contribution in [0.3, 0.4) is 0 Å². The zero-order valence-corrected chi connectivity index (χ0v) is 14.6. The van der Waals surface area contributed by atoms with Gasteiger partial charge in [0.05, 0.1) is 19.8 Å². The highest BCUT2D eigenvalue weighted by atomic mass is 31.2. The van der Waals surface area contributed by atoms with E-state index in [9.17, 15) is 14.5 Å². The molecule has 0 bridgehead atoms. The van der Waals surface area contributed by atoms with Gasteiger partial charge in [0, 0.05) is 6.61 Å². The molecular weight excluding hydrogens is 295 g/mol. The van der Waals surface area contributed by atoms with Crippen LogP contribution in [-0.2, 0) is 23.1 Å². The second-order valence-electron chi connectivity index (χ2n) is 5.07. The smallest absolute Gasteiger partial charge is 0.344 e. The van der Waals surface area contributed by atoms with E-state index in [1.807, 2.05) is 13.8 Å². The Balaban J connectivity index is 5.36. The lowest BCUT2D eigenvalue weighted by molar-refractivity contribution is -0.143. The molecule has 0 aliphatic rings. The average molecular weight is 324 g/mol. The molecule has 0 aromatic rings. The standard InChI is InChI=1S/C14H29O6P/c1-6-18-14(16)13(9-12(10-15)11(4)5)21(17,19-7-2)20-8-3/h11-13,15H,6-10H2,1-5H3/t12-,13?/m0/s1. The van der Waals surface area contributed by atoms with E-state index in [0.29, 0.717) is 0 Å². The predicted octanol–water partition coefficient (Wildman–Crippen LogP) is 2.84. The molecule has 0 aliphatic heterocycles. The molecule has 0 fully saturated rings. The van der Waals surface area contributed by atoms with Crippen molar-refractivity contribution in [2.45, 2.75) is 46.7 Å². The third-order valence-electron chi connectivity index (χ3n) is 3.26. The molecule has 0 rings (SSSR count). The SMILES string of the molecule is CCOC(=O)C(C[C@@H](CO)C(C)C)P(=O)(OCC)OCC. The van der Waals surface area contributed by atoms with Crippen LogP contribution in [0.2, 0.25) is 0 Å². The number of rotatable bonds is 11. The summed E-state index contributed by atoms with van der Waals surface area (Å²) in [4.78, 5) is 12.2. The Morgan fingerprint density at radius 1 is 1.10 bits per heavy atom. The van der Waals surface area contributed by atoms with Crippen LogP contribution in [0, 0.1) is 11.8 Å². The molecular formula is C14H29O6P. The normalized spacial score (nSPS) is 15.0. The van der Waals surface area contributed by atoms with Crippen LogP contribution in [0.25, 0.3) is 0 Å². The van der Waals surface area contributed by atoms with Crippen molar-refractivity contribution in [3.63, 3.8) is 0 Å². The van der Waals surface area contributed by atoms with Crippen LogP contribution >= 0.6 is 7.60 Å². The average Bonchev–Trinajstić information content (AvgIpc) is 2.39. The Morgan fingerprint density at radius 3 is 1.95 bits per heavy atom. The molecule has 21 heavy (non-hydrogen) atoms. The van der Waals surface area contributed by atoms with E-state index in [1.54, 1.807) is 20.8 Å². The van der Waals surface area contributed by atoms with Crippen molar-refractivity contribution in [1.82, 2.24) is 0 Å². The first-order chi connectivity index (χ1) is 9.86. The maximum Gasteiger partial charge on any atom is 0.344 e. The molecule has 0 aromatic carbocycles. The highest BCUT2D eigenvalue weighted by molar-refractivity contribution is 7.55. The van der Waals surface area contributed by atoms with Gasteiger partial charge in [-0.15, -0.1) is 0 Å². The van der Waals surface area contributed by atoms with Crippen LogP contribution in [0.15, 0.2) is 0 Å². The lowest BCUT2D eigenvalue weighted by atomic mass is 9.92. The topological polar surface area (TPSA) is 82.1 Å². The van der Waals surface area contributed by atoms with Gasteiger partial charge in [-0.1, -0.05) is 13.8 Å². The first kappa shape index (κ1) is 20.6. The predicted molar refractivity (Wildman–Crippen MR) is 81.3 cm³/mol. The van der Waals surface area contributed by atoms with Crippen molar-refractivity contribution in [3.05, 3.63) is 0 Å². The van der Waals surface area contributed by atoms with Gasteiger partial charge in [-0.25, -0.2) is 0 Å². The number of esters is 1. The lowest BCUT2D eigenvalue weighted by Crippen LogP contribution is -2.31. The summed E-state index contributed by atoms with van der Waals surface area (Å²) in [7, 11) is -3.61. The van der Waals surface area contributed by atoms with Crippen LogP contribution in [0.4, 0.5) is 0 Å². The molecule has 0 aromatic heterocycles. The highest BCUT2D eigenvalue weighted by Gasteiger charge is 2.43. The molecule has 6 nitrogen and oxygen atoms in total. The van der Waals surface area contributed by atoms with Gasteiger partial charge in [0.15, 0.2) is 5.66 Å². The van der Waals surface area contributed by atoms with E-state index in [-0.39, 0.29) is 44.7 Å². The van der Waals surface area contributed by atoms with Crippen molar-refractivity contribution in [2.75, 3.05) is 26.4 Å². The van der Waals surface area contributed by atoms with Gasteiger partial charge in [-0.05, 0) is 39.0 Å². The van der Waals surface area contributed by atoms with E-state index in [0.717, 1.165) is 0 Å². The molecule has 0 radical (unpaired) electrons. The Labute approximate surface area is 127 Å². The molecule has 1 unspecified atom stereocenters. The molecule has 0 spiro atoms. The fourth-order valence-corrected chi connectivity index (χ4v) is 4.03. The van der Waals surface area contributed by atoms with Gasteiger partial charge in [-0.3, -0.25) is 9.36 Å². The molecule has 0 heterocycles. The number of aliphatic hydroxyl groups excluding tert-OH is 1. The minimum Gasteiger partial charge on any atom is -0.465 e. The van der Waals surface area contributed by atoms with Crippen molar-refractivity contribution in [3.8, 4) is 0 Å². The number of carbonyl (C=O) groups is 1.